The van der Waals surface area contributed by atoms with Gasteiger partial charge in [0.05, 0.1) is 30.8 Å². The van der Waals surface area contributed by atoms with E-state index in [1.807, 2.05) is 0 Å². The van der Waals surface area contributed by atoms with Crippen molar-refractivity contribution < 1.29 is 29.0 Å². The van der Waals surface area contributed by atoms with Gasteiger partial charge in [0.2, 0.25) is 0 Å². The molecule has 0 fully saturated rings. The number of carbonyl (C=O) groups is 3. The third kappa shape index (κ3) is 2.43. The highest BCUT2D eigenvalue weighted by Crippen LogP contribution is 2.43. The fourth-order valence-corrected chi connectivity index (χ4v) is 3.47. The first kappa shape index (κ1) is 16.4. The fraction of sp³-hybridized carbons (Fsp3) is 0.389. The molecule has 0 saturated heterocycles. The van der Waals surface area contributed by atoms with Crippen molar-refractivity contribution in [3.8, 4) is 5.75 Å². The third-order valence-corrected chi connectivity index (χ3v) is 4.43. The zero-order valence-corrected chi connectivity index (χ0v) is 13.7. The molecule has 126 valence electrons. The highest BCUT2D eigenvalue weighted by Gasteiger charge is 2.46. The van der Waals surface area contributed by atoms with Crippen LogP contribution in [0.2, 0.25) is 0 Å². The number of phenols is 1. The molecule has 1 aromatic carbocycles. The second kappa shape index (κ2) is 5.56. The van der Waals surface area contributed by atoms with Gasteiger partial charge in [0.15, 0.2) is 11.6 Å². The van der Waals surface area contributed by atoms with Gasteiger partial charge in [-0.15, -0.1) is 0 Å². The number of phenolic OH excluding ortho intramolecular Hbond substituents is 1. The number of methoxy groups -OCH3 is 1. The van der Waals surface area contributed by atoms with Crippen LogP contribution in [0.25, 0.3) is 0 Å². The summed E-state index contributed by atoms with van der Waals surface area (Å²) in [5, 5.41) is 10.0. The highest BCUT2D eigenvalue weighted by molar-refractivity contribution is 6.28. The number of benzene rings is 1. The van der Waals surface area contributed by atoms with E-state index in [2.05, 4.69) is 4.74 Å². The zero-order chi connectivity index (χ0) is 17.6. The Hall–Kier alpha value is -2.47. The standard InChI is InChI=1S/C18H18O6/c1-18(2)15-11(7-9(24-18)8-13(20)23-3)16(21)10-5-4-6-12(19)14(10)17(15)22/h4-6,9,19H,7-8H2,1-3H3. The molecule has 1 aromatic rings. The van der Waals surface area contributed by atoms with E-state index in [0.29, 0.717) is 5.57 Å². The van der Waals surface area contributed by atoms with E-state index in [-0.39, 0.29) is 41.1 Å². The van der Waals surface area contributed by atoms with Gasteiger partial charge in [-0.25, -0.2) is 0 Å². The lowest BCUT2D eigenvalue weighted by molar-refractivity contribution is -0.146. The predicted molar refractivity (Wildman–Crippen MR) is 84.0 cm³/mol. The lowest BCUT2D eigenvalue weighted by Crippen LogP contribution is -2.45. The zero-order valence-electron chi connectivity index (χ0n) is 13.7. The molecule has 0 amide bonds. The quantitative estimate of drug-likeness (QED) is 0.836. The van der Waals surface area contributed by atoms with E-state index in [4.69, 9.17) is 4.74 Å². The summed E-state index contributed by atoms with van der Waals surface area (Å²) in [5.41, 5.74) is -0.234. The second-order valence-corrected chi connectivity index (χ2v) is 6.45. The summed E-state index contributed by atoms with van der Waals surface area (Å²) < 4.78 is 10.5. The number of rotatable bonds is 2. The molecule has 0 radical (unpaired) electrons. The van der Waals surface area contributed by atoms with Crippen LogP contribution in [0.5, 0.6) is 5.75 Å². The van der Waals surface area contributed by atoms with Crippen molar-refractivity contribution in [2.45, 2.75) is 38.4 Å². The molecule has 24 heavy (non-hydrogen) atoms. The molecule has 2 aliphatic rings. The van der Waals surface area contributed by atoms with Gasteiger partial charge in [-0.05, 0) is 19.9 Å². The Morgan fingerprint density at radius 3 is 2.71 bits per heavy atom. The molecule has 0 aromatic heterocycles. The molecule has 6 nitrogen and oxygen atoms in total. The summed E-state index contributed by atoms with van der Waals surface area (Å²) in [6, 6.07) is 4.43. The second-order valence-electron chi connectivity index (χ2n) is 6.45. The minimum absolute atomic E-state index is 0.00504. The fourth-order valence-electron chi connectivity index (χ4n) is 3.47. The molecule has 1 N–H and O–H groups in total. The van der Waals surface area contributed by atoms with Gasteiger partial charge in [-0.2, -0.15) is 0 Å². The van der Waals surface area contributed by atoms with E-state index in [0.717, 1.165) is 0 Å². The van der Waals surface area contributed by atoms with Crippen molar-refractivity contribution in [1.29, 1.82) is 0 Å². The van der Waals surface area contributed by atoms with Crippen LogP contribution in [0.15, 0.2) is 29.3 Å². The molecular weight excluding hydrogens is 312 g/mol. The molecule has 1 aliphatic heterocycles. The van der Waals surface area contributed by atoms with Crippen molar-refractivity contribution in [3.05, 3.63) is 40.5 Å². The number of carbonyl (C=O) groups excluding carboxylic acids is 3. The topological polar surface area (TPSA) is 89.9 Å². The van der Waals surface area contributed by atoms with Gasteiger partial charge in [-0.1, -0.05) is 12.1 Å². The number of hydrogen-bond acceptors (Lipinski definition) is 6. The van der Waals surface area contributed by atoms with Gasteiger partial charge >= 0.3 is 5.97 Å². The molecule has 1 atom stereocenters. The summed E-state index contributed by atoms with van der Waals surface area (Å²) >= 11 is 0. The van der Waals surface area contributed by atoms with Crippen molar-refractivity contribution >= 4 is 17.5 Å². The Morgan fingerprint density at radius 1 is 1.33 bits per heavy atom. The number of aromatic hydroxyl groups is 1. The summed E-state index contributed by atoms with van der Waals surface area (Å²) in [7, 11) is 1.29. The first-order valence-corrected chi connectivity index (χ1v) is 7.66. The molecule has 6 heteroatoms. The van der Waals surface area contributed by atoms with Gasteiger partial charge in [0, 0.05) is 23.1 Å². The maximum atomic E-state index is 12.9. The Balaban J connectivity index is 2.09. The molecule has 0 spiro atoms. The summed E-state index contributed by atoms with van der Waals surface area (Å²) in [6.07, 6.45) is -0.375. The molecule has 0 bridgehead atoms. The molecule has 0 saturated carbocycles. The van der Waals surface area contributed by atoms with Crippen molar-refractivity contribution in [3.63, 3.8) is 0 Å². The first-order valence-electron chi connectivity index (χ1n) is 7.66. The smallest absolute Gasteiger partial charge is 0.308 e. The first-order chi connectivity index (χ1) is 11.3. The average molecular weight is 330 g/mol. The van der Waals surface area contributed by atoms with E-state index in [9.17, 15) is 19.5 Å². The predicted octanol–water partition coefficient (Wildman–Crippen LogP) is 2.20. The van der Waals surface area contributed by atoms with Crippen LogP contribution < -0.4 is 0 Å². The van der Waals surface area contributed by atoms with Crippen molar-refractivity contribution in [1.82, 2.24) is 0 Å². The Morgan fingerprint density at radius 2 is 2.04 bits per heavy atom. The molecule has 1 heterocycles. The number of hydrogen-bond donors (Lipinski definition) is 1. The van der Waals surface area contributed by atoms with Crippen LogP contribution in [0, 0.1) is 0 Å². The van der Waals surface area contributed by atoms with Crippen LogP contribution in [0.4, 0.5) is 0 Å². The molecule has 1 unspecified atom stereocenters. The maximum absolute atomic E-state index is 12.9. The lowest BCUT2D eigenvalue weighted by Gasteiger charge is -2.40. The van der Waals surface area contributed by atoms with Crippen LogP contribution in [0.1, 0.15) is 47.4 Å². The van der Waals surface area contributed by atoms with Gasteiger partial charge in [0.1, 0.15) is 5.75 Å². The third-order valence-electron chi connectivity index (χ3n) is 4.43. The van der Waals surface area contributed by atoms with Gasteiger partial charge < -0.3 is 14.6 Å². The summed E-state index contributed by atoms with van der Waals surface area (Å²) in [4.78, 5) is 37.3. The minimum atomic E-state index is -1.04. The molecule has 1 aliphatic carbocycles. The van der Waals surface area contributed by atoms with Crippen LogP contribution in [-0.2, 0) is 14.3 Å². The van der Waals surface area contributed by atoms with E-state index in [1.54, 1.807) is 13.8 Å². The lowest BCUT2D eigenvalue weighted by atomic mass is 9.74. The average Bonchev–Trinajstić information content (AvgIpc) is 2.50. The Kier molecular flexibility index (Phi) is 3.80. The number of ether oxygens (including phenoxy) is 2. The number of ketones is 2. The normalized spacial score (nSPS) is 22.0. The van der Waals surface area contributed by atoms with E-state index >= 15 is 0 Å². The number of fused-ring (bicyclic) bond motifs is 1. The minimum Gasteiger partial charge on any atom is -0.507 e. The Labute approximate surface area is 139 Å². The van der Waals surface area contributed by atoms with Gasteiger partial charge in [-0.3, -0.25) is 14.4 Å². The molecular formula is C18H18O6. The van der Waals surface area contributed by atoms with Crippen molar-refractivity contribution in [2.24, 2.45) is 0 Å². The number of Topliss-reactive ketones (excluding diaryl/α,β-unsaturated/α-hetero) is 2. The van der Waals surface area contributed by atoms with Crippen LogP contribution >= 0.6 is 0 Å². The highest BCUT2D eigenvalue weighted by atomic mass is 16.5. The SMILES string of the molecule is COC(=O)CC1CC2=C(C(=O)c3c(O)cccc3C2=O)C(C)(C)O1. The van der Waals surface area contributed by atoms with Crippen molar-refractivity contribution in [2.75, 3.05) is 7.11 Å². The largest absolute Gasteiger partial charge is 0.507 e. The maximum Gasteiger partial charge on any atom is 0.308 e. The van der Waals surface area contributed by atoms with Crippen LogP contribution in [-0.4, -0.2) is 41.5 Å². The van der Waals surface area contributed by atoms with Gasteiger partial charge in [0.25, 0.3) is 0 Å². The monoisotopic (exact) mass is 330 g/mol. The van der Waals surface area contributed by atoms with E-state index < -0.39 is 23.5 Å². The summed E-state index contributed by atoms with van der Waals surface area (Å²) in [5.74, 6) is -1.36. The molecule has 3 rings (SSSR count). The summed E-state index contributed by atoms with van der Waals surface area (Å²) in [6.45, 7) is 3.36. The van der Waals surface area contributed by atoms with Crippen LogP contribution in [0.3, 0.4) is 0 Å². The number of esters is 1. The Bertz CT molecular complexity index is 787. The van der Waals surface area contributed by atoms with E-state index in [1.165, 1.54) is 25.3 Å².